The first-order valence-corrected chi connectivity index (χ1v) is 13.5. The highest BCUT2D eigenvalue weighted by molar-refractivity contribution is 9.10. The monoisotopic (exact) mass is 540 g/mol. The van der Waals surface area contributed by atoms with Crippen LogP contribution in [-0.2, 0) is 9.59 Å². The standard InChI is InChI=1S/C29H37BrN2O3/c1-4-6-17-31(18-7-5-2)19-8-20-32-26(22-11-9-21(3)10-12-22)25(28(34)29(32)35)27(33)23-13-15-24(30)16-14-23/h9-16,26,33H,4-8,17-20H2,1-3H3/b27-25-. The number of rotatable bonds is 12. The molecular weight excluding hydrogens is 504 g/mol. The average Bonchev–Trinajstić information content (AvgIpc) is 3.10. The van der Waals surface area contributed by atoms with Crippen LogP contribution in [0.1, 0.15) is 68.7 Å². The number of aryl methyl sites for hydroxylation is 1. The summed E-state index contributed by atoms with van der Waals surface area (Å²) in [5.74, 6) is -1.29. The van der Waals surface area contributed by atoms with Gasteiger partial charge in [-0.2, -0.15) is 0 Å². The van der Waals surface area contributed by atoms with Gasteiger partial charge in [0.15, 0.2) is 0 Å². The fourth-order valence-electron chi connectivity index (χ4n) is 4.53. The van der Waals surface area contributed by atoms with Crippen molar-refractivity contribution in [1.29, 1.82) is 0 Å². The number of Topliss-reactive ketones (excluding diaryl/α,β-unsaturated/α-hetero) is 1. The lowest BCUT2D eigenvalue weighted by atomic mass is 9.94. The number of halogens is 1. The molecule has 1 aliphatic rings. The second-order valence-electron chi connectivity index (χ2n) is 9.31. The summed E-state index contributed by atoms with van der Waals surface area (Å²) in [4.78, 5) is 30.5. The van der Waals surface area contributed by atoms with E-state index in [0.29, 0.717) is 12.1 Å². The zero-order valence-electron chi connectivity index (χ0n) is 21.1. The number of hydrogen-bond donors (Lipinski definition) is 1. The zero-order chi connectivity index (χ0) is 25.4. The highest BCUT2D eigenvalue weighted by Crippen LogP contribution is 2.39. The van der Waals surface area contributed by atoms with Crippen LogP contribution in [0.15, 0.2) is 58.6 Å². The molecule has 2 aromatic carbocycles. The van der Waals surface area contributed by atoms with Crippen LogP contribution in [0.5, 0.6) is 0 Å². The van der Waals surface area contributed by atoms with Gasteiger partial charge in [0.1, 0.15) is 5.76 Å². The van der Waals surface area contributed by atoms with Gasteiger partial charge in [-0.15, -0.1) is 0 Å². The molecule has 1 amide bonds. The molecule has 6 heteroatoms. The molecule has 35 heavy (non-hydrogen) atoms. The molecule has 0 aromatic heterocycles. The van der Waals surface area contributed by atoms with Crippen LogP contribution in [0.3, 0.4) is 0 Å². The van der Waals surface area contributed by atoms with Crippen molar-refractivity contribution in [2.45, 2.75) is 58.9 Å². The Morgan fingerprint density at radius 1 is 0.914 bits per heavy atom. The SMILES string of the molecule is CCCCN(CCCC)CCCN1C(=O)C(=O)/C(=C(\O)c2ccc(Br)cc2)C1c1ccc(C)cc1. The summed E-state index contributed by atoms with van der Waals surface area (Å²) in [7, 11) is 0. The van der Waals surface area contributed by atoms with Gasteiger partial charge in [0.2, 0.25) is 0 Å². The molecule has 1 heterocycles. The first-order valence-electron chi connectivity index (χ1n) is 12.7. The maximum absolute atomic E-state index is 13.2. The van der Waals surface area contributed by atoms with E-state index in [2.05, 4.69) is 34.7 Å². The second-order valence-corrected chi connectivity index (χ2v) is 10.2. The van der Waals surface area contributed by atoms with E-state index in [1.165, 1.54) is 0 Å². The fraction of sp³-hybridized carbons (Fsp3) is 0.448. The first kappa shape index (κ1) is 27.2. The van der Waals surface area contributed by atoms with Crippen LogP contribution in [-0.4, -0.2) is 52.8 Å². The van der Waals surface area contributed by atoms with Gasteiger partial charge in [-0.1, -0.05) is 84.6 Å². The van der Waals surface area contributed by atoms with Crippen molar-refractivity contribution in [3.8, 4) is 0 Å². The van der Waals surface area contributed by atoms with E-state index in [9.17, 15) is 14.7 Å². The molecule has 0 saturated carbocycles. The molecule has 1 fully saturated rings. The quantitative estimate of drug-likeness (QED) is 0.190. The Balaban J connectivity index is 1.90. The summed E-state index contributed by atoms with van der Waals surface area (Å²) in [5.41, 5.74) is 2.62. The summed E-state index contributed by atoms with van der Waals surface area (Å²) in [6.07, 6.45) is 5.40. The van der Waals surface area contributed by atoms with E-state index >= 15 is 0 Å². The Kier molecular flexibility index (Phi) is 10.1. The molecule has 5 nitrogen and oxygen atoms in total. The van der Waals surface area contributed by atoms with Crippen molar-refractivity contribution >= 4 is 33.4 Å². The van der Waals surface area contributed by atoms with E-state index in [1.54, 1.807) is 17.0 Å². The van der Waals surface area contributed by atoms with Crippen LogP contribution in [0.25, 0.3) is 5.76 Å². The Bertz CT molecular complexity index is 1020. The number of likely N-dealkylation sites (tertiary alicyclic amines) is 1. The van der Waals surface area contributed by atoms with Gasteiger partial charge in [-0.25, -0.2) is 0 Å². The number of aliphatic hydroxyl groups excluding tert-OH is 1. The molecule has 1 aliphatic heterocycles. The van der Waals surface area contributed by atoms with Crippen molar-refractivity contribution in [2.24, 2.45) is 0 Å². The smallest absolute Gasteiger partial charge is 0.295 e. The van der Waals surface area contributed by atoms with Gasteiger partial charge in [-0.3, -0.25) is 9.59 Å². The molecule has 1 N–H and O–H groups in total. The third kappa shape index (κ3) is 6.83. The van der Waals surface area contributed by atoms with Crippen molar-refractivity contribution in [3.63, 3.8) is 0 Å². The van der Waals surface area contributed by atoms with Crippen LogP contribution in [0.4, 0.5) is 0 Å². The number of hydrogen-bond acceptors (Lipinski definition) is 4. The minimum atomic E-state index is -0.621. The molecule has 3 rings (SSSR count). The predicted octanol–water partition coefficient (Wildman–Crippen LogP) is 6.47. The number of amides is 1. The summed E-state index contributed by atoms with van der Waals surface area (Å²) in [5, 5.41) is 11.2. The summed E-state index contributed by atoms with van der Waals surface area (Å²) in [6.45, 7) is 9.87. The molecule has 0 bridgehead atoms. The molecule has 0 radical (unpaired) electrons. The highest BCUT2D eigenvalue weighted by atomic mass is 79.9. The lowest BCUT2D eigenvalue weighted by Crippen LogP contribution is -2.34. The van der Waals surface area contributed by atoms with Gasteiger partial charge >= 0.3 is 0 Å². The van der Waals surface area contributed by atoms with Crippen molar-refractivity contribution in [2.75, 3.05) is 26.2 Å². The van der Waals surface area contributed by atoms with Crippen LogP contribution >= 0.6 is 15.9 Å². The van der Waals surface area contributed by atoms with Crippen molar-refractivity contribution < 1.29 is 14.7 Å². The number of carbonyl (C=O) groups excluding carboxylic acids is 2. The molecule has 1 saturated heterocycles. The van der Waals surface area contributed by atoms with E-state index in [4.69, 9.17) is 0 Å². The van der Waals surface area contributed by atoms with Crippen LogP contribution in [0, 0.1) is 6.92 Å². The summed E-state index contributed by atoms with van der Waals surface area (Å²) < 4.78 is 0.875. The van der Waals surface area contributed by atoms with Gasteiger partial charge in [0.05, 0.1) is 11.6 Å². The molecule has 188 valence electrons. The van der Waals surface area contributed by atoms with Gasteiger partial charge in [0.25, 0.3) is 11.7 Å². The predicted molar refractivity (Wildman–Crippen MR) is 145 cm³/mol. The zero-order valence-corrected chi connectivity index (χ0v) is 22.7. The minimum absolute atomic E-state index is 0.128. The Labute approximate surface area is 218 Å². The van der Waals surface area contributed by atoms with Crippen molar-refractivity contribution in [1.82, 2.24) is 9.80 Å². The van der Waals surface area contributed by atoms with Crippen molar-refractivity contribution in [3.05, 3.63) is 75.3 Å². The first-order chi connectivity index (χ1) is 16.9. The minimum Gasteiger partial charge on any atom is -0.507 e. The third-order valence-electron chi connectivity index (χ3n) is 6.58. The number of nitrogens with zero attached hydrogens (tertiary/aromatic N) is 2. The van der Waals surface area contributed by atoms with Gasteiger partial charge in [0, 0.05) is 16.6 Å². The molecule has 0 aliphatic carbocycles. The lowest BCUT2D eigenvalue weighted by molar-refractivity contribution is -0.140. The Hall–Kier alpha value is -2.44. The number of aliphatic hydroxyl groups is 1. The number of benzene rings is 2. The molecule has 0 spiro atoms. The Morgan fingerprint density at radius 2 is 1.49 bits per heavy atom. The lowest BCUT2D eigenvalue weighted by Gasteiger charge is -2.27. The summed E-state index contributed by atoms with van der Waals surface area (Å²) >= 11 is 3.40. The number of ketones is 1. The van der Waals surface area contributed by atoms with E-state index in [1.807, 2.05) is 43.3 Å². The van der Waals surface area contributed by atoms with E-state index < -0.39 is 17.7 Å². The topological polar surface area (TPSA) is 60.9 Å². The summed E-state index contributed by atoms with van der Waals surface area (Å²) in [6, 6.07) is 14.4. The highest BCUT2D eigenvalue weighted by Gasteiger charge is 2.45. The Morgan fingerprint density at radius 3 is 2.06 bits per heavy atom. The number of unbranched alkanes of at least 4 members (excludes halogenated alkanes) is 2. The molecular formula is C29H37BrN2O3. The van der Waals surface area contributed by atoms with E-state index in [-0.39, 0.29) is 11.3 Å². The normalized spacial score (nSPS) is 17.5. The van der Waals surface area contributed by atoms with Gasteiger partial charge < -0.3 is 14.9 Å². The maximum atomic E-state index is 13.2. The third-order valence-corrected chi connectivity index (χ3v) is 7.11. The van der Waals surface area contributed by atoms with E-state index in [0.717, 1.165) is 67.3 Å². The average molecular weight is 542 g/mol. The van der Waals surface area contributed by atoms with Gasteiger partial charge in [-0.05, 0) is 63.5 Å². The maximum Gasteiger partial charge on any atom is 0.295 e. The molecule has 2 aromatic rings. The fourth-order valence-corrected chi connectivity index (χ4v) is 4.80. The molecule has 1 atom stereocenters. The second kappa shape index (κ2) is 13.0. The van der Waals surface area contributed by atoms with Crippen LogP contribution < -0.4 is 0 Å². The molecule has 1 unspecified atom stereocenters. The largest absolute Gasteiger partial charge is 0.507 e. The number of carbonyl (C=O) groups is 2. The van der Waals surface area contributed by atoms with Crippen LogP contribution in [0.2, 0.25) is 0 Å².